The van der Waals surface area contributed by atoms with E-state index < -0.39 is 0 Å². The monoisotopic (exact) mass is 286 g/mol. The minimum Gasteiger partial charge on any atom is -0.493 e. The molecule has 1 aliphatic heterocycles. The van der Waals surface area contributed by atoms with Gasteiger partial charge in [0.25, 0.3) is 0 Å². The van der Waals surface area contributed by atoms with Gasteiger partial charge in [-0.1, -0.05) is 23.7 Å². The van der Waals surface area contributed by atoms with Gasteiger partial charge in [-0.2, -0.15) is 0 Å². The number of ketones is 1. The van der Waals surface area contributed by atoms with Crippen LogP contribution < -0.4 is 4.74 Å². The Bertz CT molecular complexity index is 677. The number of carbonyl (C=O) groups excluding carboxylic acids is 1. The molecule has 2 nitrogen and oxygen atoms in total. The van der Waals surface area contributed by atoms with E-state index in [1.807, 2.05) is 37.3 Å². The zero-order valence-electron chi connectivity index (χ0n) is 11.3. The van der Waals surface area contributed by atoms with Crippen LogP contribution in [-0.2, 0) is 6.42 Å². The number of halogens is 1. The third-order valence-electron chi connectivity index (χ3n) is 3.68. The number of hydrogen-bond acceptors (Lipinski definition) is 2. The van der Waals surface area contributed by atoms with Crippen molar-refractivity contribution in [2.24, 2.45) is 0 Å². The first kappa shape index (κ1) is 13.2. The maximum absolute atomic E-state index is 12.6. The summed E-state index contributed by atoms with van der Waals surface area (Å²) in [4.78, 5) is 12.6. The molecule has 0 aromatic heterocycles. The number of fused-ring (bicyclic) bond motifs is 1. The SMILES string of the molecule is Cc1c(Cl)cccc1C(=O)c1ccc2c(c1)CCCO2. The van der Waals surface area contributed by atoms with Crippen LogP contribution in [0.2, 0.25) is 5.02 Å². The van der Waals surface area contributed by atoms with Gasteiger partial charge in [0.1, 0.15) is 5.75 Å². The summed E-state index contributed by atoms with van der Waals surface area (Å²) in [5.74, 6) is 0.911. The predicted molar refractivity (Wildman–Crippen MR) is 79.9 cm³/mol. The Balaban J connectivity index is 2.00. The fourth-order valence-electron chi connectivity index (χ4n) is 2.51. The third kappa shape index (κ3) is 2.32. The molecule has 3 heteroatoms. The Morgan fingerprint density at radius 1 is 1.25 bits per heavy atom. The molecule has 1 aliphatic rings. The first-order valence-corrected chi connectivity index (χ1v) is 7.10. The number of hydrogen-bond donors (Lipinski definition) is 0. The standard InChI is InChI=1S/C17H15ClO2/c1-11-14(5-2-6-15(11)18)17(19)13-7-8-16-12(10-13)4-3-9-20-16/h2,5-8,10H,3-4,9H2,1H3. The molecular formula is C17H15ClO2. The van der Waals surface area contributed by atoms with Gasteiger partial charge in [0.2, 0.25) is 0 Å². The van der Waals surface area contributed by atoms with Crippen molar-refractivity contribution in [3.63, 3.8) is 0 Å². The summed E-state index contributed by atoms with van der Waals surface area (Å²) in [6.45, 7) is 2.63. The van der Waals surface area contributed by atoms with Gasteiger partial charge in [-0.05, 0) is 55.2 Å². The van der Waals surface area contributed by atoms with Crippen LogP contribution in [0.3, 0.4) is 0 Å². The molecule has 0 aliphatic carbocycles. The predicted octanol–water partition coefficient (Wildman–Crippen LogP) is 4.20. The van der Waals surface area contributed by atoms with Crippen LogP contribution in [-0.4, -0.2) is 12.4 Å². The van der Waals surface area contributed by atoms with Gasteiger partial charge in [-0.3, -0.25) is 4.79 Å². The molecular weight excluding hydrogens is 272 g/mol. The van der Waals surface area contributed by atoms with Gasteiger partial charge < -0.3 is 4.74 Å². The summed E-state index contributed by atoms with van der Waals surface area (Å²) < 4.78 is 5.57. The highest BCUT2D eigenvalue weighted by atomic mass is 35.5. The van der Waals surface area contributed by atoms with Crippen LogP contribution in [0.15, 0.2) is 36.4 Å². The van der Waals surface area contributed by atoms with E-state index in [4.69, 9.17) is 16.3 Å². The van der Waals surface area contributed by atoms with Gasteiger partial charge in [0.05, 0.1) is 6.61 Å². The van der Waals surface area contributed by atoms with Gasteiger partial charge in [0.15, 0.2) is 5.78 Å². The zero-order chi connectivity index (χ0) is 14.1. The maximum atomic E-state index is 12.6. The summed E-state index contributed by atoms with van der Waals surface area (Å²) in [6.07, 6.45) is 1.96. The topological polar surface area (TPSA) is 26.3 Å². The third-order valence-corrected chi connectivity index (χ3v) is 4.09. The van der Waals surface area contributed by atoms with E-state index >= 15 is 0 Å². The van der Waals surface area contributed by atoms with Crippen molar-refractivity contribution in [1.29, 1.82) is 0 Å². The fraction of sp³-hybridized carbons (Fsp3) is 0.235. The summed E-state index contributed by atoms with van der Waals surface area (Å²) in [7, 11) is 0. The summed E-state index contributed by atoms with van der Waals surface area (Å²) in [5.41, 5.74) is 3.30. The van der Waals surface area contributed by atoms with Gasteiger partial charge in [-0.15, -0.1) is 0 Å². The normalized spacial score (nSPS) is 13.5. The van der Waals surface area contributed by atoms with Gasteiger partial charge in [-0.25, -0.2) is 0 Å². The maximum Gasteiger partial charge on any atom is 0.193 e. The number of rotatable bonds is 2. The Hall–Kier alpha value is -1.80. The summed E-state index contributed by atoms with van der Waals surface area (Å²) in [6, 6.07) is 11.1. The molecule has 0 bridgehead atoms. The molecule has 2 aromatic carbocycles. The second-order valence-corrected chi connectivity index (χ2v) is 5.42. The number of benzene rings is 2. The van der Waals surface area contributed by atoms with Crippen LogP contribution in [0, 0.1) is 6.92 Å². The van der Waals surface area contributed by atoms with E-state index in [0.29, 0.717) is 16.1 Å². The highest BCUT2D eigenvalue weighted by Gasteiger charge is 2.17. The molecule has 0 unspecified atom stereocenters. The Morgan fingerprint density at radius 3 is 2.95 bits per heavy atom. The molecule has 0 radical (unpaired) electrons. The van der Waals surface area contributed by atoms with Crippen molar-refractivity contribution in [2.45, 2.75) is 19.8 Å². The summed E-state index contributed by atoms with van der Waals surface area (Å²) in [5, 5.41) is 0.622. The highest BCUT2D eigenvalue weighted by molar-refractivity contribution is 6.32. The largest absolute Gasteiger partial charge is 0.493 e. The molecule has 1 heterocycles. The van der Waals surface area contributed by atoms with Gasteiger partial charge in [0, 0.05) is 16.1 Å². The quantitative estimate of drug-likeness (QED) is 0.773. The van der Waals surface area contributed by atoms with E-state index in [-0.39, 0.29) is 5.78 Å². The van der Waals surface area contributed by atoms with Crippen molar-refractivity contribution < 1.29 is 9.53 Å². The second kappa shape index (κ2) is 5.29. The minimum atomic E-state index is 0.0124. The number of aryl methyl sites for hydroxylation is 1. The van der Waals surface area contributed by atoms with E-state index in [1.54, 1.807) is 6.07 Å². The summed E-state index contributed by atoms with van der Waals surface area (Å²) >= 11 is 6.09. The highest BCUT2D eigenvalue weighted by Crippen LogP contribution is 2.28. The van der Waals surface area contributed by atoms with E-state index in [1.165, 1.54) is 0 Å². The van der Waals surface area contributed by atoms with Crippen LogP contribution >= 0.6 is 11.6 Å². The first-order chi connectivity index (χ1) is 9.66. The fourth-order valence-corrected chi connectivity index (χ4v) is 2.69. The lowest BCUT2D eigenvalue weighted by Gasteiger charge is -2.17. The second-order valence-electron chi connectivity index (χ2n) is 5.02. The minimum absolute atomic E-state index is 0.0124. The van der Waals surface area contributed by atoms with E-state index in [0.717, 1.165) is 36.3 Å². The van der Waals surface area contributed by atoms with E-state index in [9.17, 15) is 4.79 Å². The molecule has 102 valence electrons. The zero-order valence-corrected chi connectivity index (χ0v) is 12.0. The lowest BCUT2D eigenvalue weighted by molar-refractivity contribution is 0.103. The lowest BCUT2D eigenvalue weighted by atomic mass is 9.96. The number of carbonyl (C=O) groups is 1. The molecule has 0 saturated carbocycles. The van der Waals surface area contributed by atoms with Crippen molar-refractivity contribution in [3.05, 3.63) is 63.7 Å². The van der Waals surface area contributed by atoms with Crippen LogP contribution in [0.25, 0.3) is 0 Å². The van der Waals surface area contributed by atoms with Crippen molar-refractivity contribution >= 4 is 17.4 Å². The average molecular weight is 287 g/mol. The van der Waals surface area contributed by atoms with Gasteiger partial charge >= 0.3 is 0 Å². The van der Waals surface area contributed by atoms with Crippen molar-refractivity contribution in [3.8, 4) is 5.75 Å². The molecule has 0 spiro atoms. The van der Waals surface area contributed by atoms with Crippen LogP contribution in [0.1, 0.15) is 33.5 Å². The molecule has 0 N–H and O–H groups in total. The molecule has 20 heavy (non-hydrogen) atoms. The van der Waals surface area contributed by atoms with Crippen LogP contribution in [0.5, 0.6) is 5.75 Å². The Kier molecular flexibility index (Phi) is 3.49. The average Bonchev–Trinajstić information content (AvgIpc) is 2.49. The Morgan fingerprint density at radius 2 is 2.10 bits per heavy atom. The number of ether oxygens (including phenoxy) is 1. The van der Waals surface area contributed by atoms with Crippen molar-refractivity contribution in [2.75, 3.05) is 6.61 Å². The molecule has 2 aromatic rings. The molecule has 3 rings (SSSR count). The van der Waals surface area contributed by atoms with Crippen molar-refractivity contribution in [1.82, 2.24) is 0 Å². The Labute approximate surface area is 123 Å². The molecule has 0 atom stereocenters. The first-order valence-electron chi connectivity index (χ1n) is 6.72. The van der Waals surface area contributed by atoms with E-state index in [2.05, 4.69) is 0 Å². The molecule has 0 fully saturated rings. The molecule has 0 amide bonds. The smallest absolute Gasteiger partial charge is 0.193 e. The molecule has 0 saturated heterocycles. The van der Waals surface area contributed by atoms with Crippen LogP contribution in [0.4, 0.5) is 0 Å². The lowest BCUT2D eigenvalue weighted by Crippen LogP contribution is -2.10.